The number of hydrogen-bond acceptors (Lipinski definition) is 3. The zero-order chi connectivity index (χ0) is 34.7. The third kappa shape index (κ3) is 3.86. The quantitative estimate of drug-likeness (QED) is 0.133. The van der Waals surface area contributed by atoms with Crippen LogP contribution in [0.5, 0.6) is 0 Å². The van der Waals surface area contributed by atoms with Crippen molar-refractivity contribution in [3.8, 4) is 0 Å². The molecule has 0 atom stereocenters. The molecule has 9 aromatic carbocycles. The summed E-state index contributed by atoms with van der Waals surface area (Å²) in [4.78, 5) is 4.28. The van der Waals surface area contributed by atoms with Gasteiger partial charge in [-0.15, -0.1) is 0 Å². The van der Waals surface area contributed by atoms with E-state index in [1.807, 2.05) is 54.6 Å². The third-order valence-corrected chi connectivity index (χ3v) is 14.0. The fourth-order valence-corrected chi connectivity index (χ4v) is 12.0. The number of fused-ring (bicyclic) bond motifs is 12. The molecule has 0 aliphatic carbocycles. The maximum absolute atomic E-state index is 16.8. The second kappa shape index (κ2) is 10.6. The maximum Gasteiger partial charge on any atom is 0.179 e. The summed E-state index contributed by atoms with van der Waals surface area (Å²) in [5.74, 6) is -0.664. The van der Waals surface area contributed by atoms with E-state index in [-0.39, 0.29) is 11.6 Å². The molecule has 0 amide bonds. The molecule has 6 heteroatoms. The summed E-state index contributed by atoms with van der Waals surface area (Å²) in [7, 11) is -3.61. The van der Waals surface area contributed by atoms with Gasteiger partial charge in [-0.1, -0.05) is 91.0 Å². The summed E-state index contributed by atoms with van der Waals surface area (Å²) in [6.07, 6.45) is 0. The Labute approximate surface area is 298 Å². The van der Waals surface area contributed by atoms with Gasteiger partial charge in [0.05, 0.1) is 28.1 Å². The van der Waals surface area contributed by atoms with Gasteiger partial charge in [-0.3, -0.25) is 0 Å². The van der Waals surface area contributed by atoms with E-state index in [9.17, 15) is 8.78 Å². The van der Waals surface area contributed by atoms with Crippen LogP contribution in [0.1, 0.15) is 0 Å². The third-order valence-electron chi connectivity index (χ3n) is 10.8. The van der Waals surface area contributed by atoms with Crippen molar-refractivity contribution in [1.29, 1.82) is 0 Å². The van der Waals surface area contributed by atoms with E-state index < -0.39 is 7.14 Å². The number of rotatable bonds is 2. The highest BCUT2D eigenvalue weighted by Crippen LogP contribution is 2.63. The average molecular weight is 693 g/mol. The van der Waals surface area contributed by atoms with Crippen molar-refractivity contribution in [1.82, 2.24) is 0 Å². The smallest absolute Gasteiger partial charge is 0.179 e. The molecule has 0 bridgehead atoms. The van der Waals surface area contributed by atoms with Gasteiger partial charge in [-0.2, -0.15) is 0 Å². The first kappa shape index (κ1) is 29.4. The first-order chi connectivity index (χ1) is 25.5. The lowest BCUT2D eigenvalue weighted by Crippen LogP contribution is -2.43. The van der Waals surface area contributed by atoms with Crippen molar-refractivity contribution in [2.75, 3.05) is 9.80 Å². The lowest BCUT2D eigenvalue weighted by molar-refractivity contribution is 0.592. The highest BCUT2D eigenvalue weighted by Gasteiger charge is 2.49. The van der Waals surface area contributed by atoms with Gasteiger partial charge in [0.2, 0.25) is 0 Å². The van der Waals surface area contributed by atoms with Crippen molar-refractivity contribution in [2.45, 2.75) is 0 Å². The molecule has 0 fully saturated rings. The molecule has 2 aliphatic heterocycles. The van der Waals surface area contributed by atoms with E-state index in [1.54, 1.807) is 24.3 Å². The number of nitrogens with zero attached hydrogens (tertiary/aromatic N) is 2. The minimum Gasteiger partial charge on any atom is -0.308 e. The largest absolute Gasteiger partial charge is 0.308 e. The summed E-state index contributed by atoms with van der Waals surface area (Å²) in [5, 5.41) is 10.6. The zero-order valence-corrected chi connectivity index (χ0v) is 28.5. The first-order valence-corrected chi connectivity index (χ1v) is 19.0. The summed E-state index contributed by atoms with van der Waals surface area (Å²) < 4.78 is 45.8. The second-order valence-electron chi connectivity index (χ2n) is 13.5. The second-order valence-corrected chi connectivity index (χ2v) is 16.1. The molecule has 3 nitrogen and oxygen atoms in total. The van der Waals surface area contributed by atoms with Gasteiger partial charge < -0.3 is 14.4 Å². The number of anilines is 6. The van der Waals surface area contributed by atoms with Crippen molar-refractivity contribution in [3.05, 3.63) is 175 Å². The SMILES string of the molecule is O=P12c3ccc4c(ccc5ccccc54)c3N(c3ccc(F)cc3)c3cccc(c31)N(c1ccc(F)cc1)c1c2ccc2c1ccc1ccccc12. The van der Waals surface area contributed by atoms with Crippen LogP contribution in [0.3, 0.4) is 0 Å². The van der Waals surface area contributed by atoms with Crippen molar-refractivity contribution in [3.63, 3.8) is 0 Å². The van der Waals surface area contributed by atoms with Gasteiger partial charge >= 0.3 is 0 Å². The predicted molar refractivity (Wildman–Crippen MR) is 212 cm³/mol. The standard InChI is InChI=1S/C46H27F2N2OP/c47-30-14-18-32(19-15-30)49-40-10-5-11-41-46(40)52(51,42-26-24-36-34-8-3-1-6-28(34)12-22-38(36)44(42)49)43-27-25-37-35-9-4-2-7-29(35)13-23-39(37)45(43)50(41)33-20-16-31(48)17-21-33/h1-27H. The van der Waals surface area contributed by atoms with Crippen LogP contribution in [0.2, 0.25) is 0 Å². The summed E-state index contributed by atoms with van der Waals surface area (Å²) in [6.45, 7) is 0. The molecule has 0 saturated carbocycles. The van der Waals surface area contributed by atoms with Gasteiger partial charge in [0.15, 0.2) is 7.14 Å². The Morgan fingerprint density at radius 1 is 0.385 bits per heavy atom. The Kier molecular flexibility index (Phi) is 6.01. The van der Waals surface area contributed by atoms with Crippen molar-refractivity contribution >= 4 is 100 Å². The molecule has 11 rings (SSSR count). The lowest BCUT2D eigenvalue weighted by atomic mass is 9.98. The molecular formula is C46H27F2N2OP. The van der Waals surface area contributed by atoms with Crippen LogP contribution >= 0.6 is 7.14 Å². The fourth-order valence-electron chi connectivity index (χ4n) is 8.63. The number of hydrogen-bond donors (Lipinski definition) is 0. The Hall–Kier alpha value is -6.29. The molecule has 0 saturated heterocycles. The monoisotopic (exact) mass is 692 g/mol. The Morgan fingerprint density at radius 2 is 0.808 bits per heavy atom. The molecule has 0 unspecified atom stereocenters. The van der Waals surface area contributed by atoms with Crippen LogP contribution in [-0.4, -0.2) is 0 Å². The van der Waals surface area contributed by atoms with Crippen LogP contribution in [0.4, 0.5) is 42.9 Å². The lowest BCUT2D eigenvalue weighted by Gasteiger charge is -2.45. The van der Waals surface area contributed by atoms with Crippen molar-refractivity contribution < 1.29 is 13.3 Å². The van der Waals surface area contributed by atoms with Gasteiger partial charge in [-0.05, 0) is 105 Å². The maximum atomic E-state index is 16.8. The van der Waals surface area contributed by atoms with E-state index in [0.29, 0.717) is 5.30 Å². The Bertz CT molecular complexity index is 2830. The summed E-state index contributed by atoms with van der Waals surface area (Å²) in [6, 6.07) is 52.4. The molecular weight excluding hydrogens is 665 g/mol. The topological polar surface area (TPSA) is 23.6 Å². The van der Waals surface area contributed by atoms with Crippen LogP contribution in [0.15, 0.2) is 164 Å². The molecule has 2 aliphatic rings. The van der Waals surface area contributed by atoms with Crippen LogP contribution in [-0.2, 0) is 4.57 Å². The van der Waals surface area contributed by atoms with Gasteiger partial charge in [0.25, 0.3) is 0 Å². The summed E-state index contributed by atoms with van der Waals surface area (Å²) >= 11 is 0. The first-order valence-electron chi connectivity index (χ1n) is 17.3. The highest BCUT2D eigenvalue weighted by atomic mass is 31.2. The van der Waals surface area contributed by atoms with E-state index in [0.717, 1.165) is 87.8 Å². The number of benzene rings is 9. The van der Waals surface area contributed by atoms with Crippen molar-refractivity contribution in [2.24, 2.45) is 0 Å². The van der Waals surface area contributed by atoms with Gasteiger partial charge in [0.1, 0.15) is 11.6 Å². The minimum atomic E-state index is -3.61. The highest BCUT2D eigenvalue weighted by molar-refractivity contribution is 7.86. The van der Waals surface area contributed by atoms with E-state index in [2.05, 4.69) is 70.5 Å². The molecule has 0 aromatic heterocycles. The van der Waals surface area contributed by atoms with Crippen LogP contribution < -0.4 is 25.7 Å². The van der Waals surface area contributed by atoms with Gasteiger partial charge in [0, 0.05) is 32.8 Å². The zero-order valence-electron chi connectivity index (χ0n) is 27.6. The predicted octanol–water partition coefficient (Wildman–Crippen LogP) is 11.8. The Balaban J connectivity index is 1.32. The van der Waals surface area contributed by atoms with E-state index in [4.69, 9.17) is 0 Å². The number of halogens is 2. The minimum absolute atomic E-state index is 0.332. The molecule has 52 heavy (non-hydrogen) atoms. The molecule has 0 spiro atoms. The molecule has 0 radical (unpaired) electrons. The normalized spacial score (nSPS) is 14.1. The molecule has 0 N–H and O–H groups in total. The van der Waals surface area contributed by atoms with E-state index >= 15 is 4.57 Å². The molecule has 2 heterocycles. The van der Waals surface area contributed by atoms with E-state index in [1.165, 1.54) is 24.3 Å². The van der Waals surface area contributed by atoms with Gasteiger partial charge in [-0.25, -0.2) is 8.78 Å². The van der Waals surface area contributed by atoms with Crippen LogP contribution in [0, 0.1) is 11.6 Å². The summed E-state index contributed by atoms with van der Waals surface area (Å²) in [5.41, 5.74) is 4.68. The Morgan fingerprint density at radius 3 is 1.27 bits per heavy atom. The molecule has 246 valence electrons. The molecule has 9 aromatic rings. The van der Waals surface area contributed by atoms with Crippen LogP contribution in [0.25, 0.3) is 43.1 Å². The average Bonchev–Trinajstić information content (AvgIpc) is 3.19. The fraction of sp³-hybridized carbons (Fsp3) is 0.